The highest BCUT2D eigenvalue weighted by Crippen LogP contribution is 2.18. The van der Waals surface area contributed by atoms with Gasteiger partial charge < -0.3 is 20.3 Å². The Hall–Kier alpha value is -2.34. The van der Waals surface area contributed by atoms with Crippen LogP contribution in [0.2, 0.25) is 0 Å². The normalized spacial score (nSPS) is 13.3. The number of urea groups is 1. The zero-order valence-electron chi connectivity index (χ0n) is 15.1. The van der Waals surface area contributed by atoms with E-state index in [0.717, 1.165) is 22.6 Å². The van der Waals surface area contributed by atoms with Crippen LogP contribution in [-0.2, 0) is 6.42 Å². The first-order valence-corrected chi connectivity index (χ1v) is 8.63. The minimum Gasteiger partial charge on any atom is -0.396 e. The number of aliphatic hydroxyl groups excluding tert-OH is 1. The van der Waals surface area contributed by atoms with Gasteiger partial charge in [-0.1, -0.05) is 35.5 Å². The van der Waals surface area contributed by atoms with E-state index in [2.05, 4.69) is 15.8 Å². The van der Waals surface area contributed by atoms with Gasteiger partial charge in [0.15, 0.2) is 0 Å². The van der Waals surface area contributed by atoms with Crippen LogP contribution in [0, 0.1) is 13.8 Å². The molecule has 0 spiro atoms. The van der Waals surface area contributed by atoms with Crippen molar-refractivity contribution in [3.8, 4) is 0 Å². The number of carbonyl (C=O) groups is 1. The van der Waals surface area contributed by atoms with Gasteiger partial charge in [-0.3, -0.25) is 0 Å². The fourth-order valence-electron chi connectivity index (χ4n) is 2.91. The topological polar surface area (TPSA) is 87.4 Å². The van der Waals surface area contributed by atoms with Crippen LogP contribution in [0.15, 0.2) is 34.9 Å². The predicted molar refractivity (Wildman–Crippen MR) is 96.6 cm³/mol. The summed E-state index contributed by atoms with van der Waals surface area (Å²) in [7, 11) is 0. The van der Waals surface area contributed by atoms with Crippen molar-refractivity contribution in [3.63, 3.8) is 0 Å². The summed E-state index contributed by atoms with van der Waals surface area (Å²) in [5.74, 6) is 0.883. The summed E-state index contributed by atoms with van der Waals surface area (Å²) in [5.41, 5.74) is 3.01. The highest BCUT2D eigenvalue weighted by molar-refractivity contribution is 5.74. The fraction of sp³-hybridized carbons (Fsp3) is 0.474. The minimum absolute atomic E-state index is 0.0372. The lowest BCUT2D eigenvalue weighted by Crippen LogP contribution is -2.43. The number of hydrogen-bond donors (Lipinski definition) is 3. The molecule has 0 bridgehead atoms. The Morgan fingerprint density at radius 2 is 2.00 bits per heavy atom. The lowest BCUT2D eigenvalue weighted by atomic mass is 9.96. The number of aromatic nitrogens is 1. The van der Waals surface area contributed by atoms with Gasteiger partial charge in [0.25, 0.3) is 0 Å². The summed E-state index contributed by atoms with van der Waals surface area (Å²) in [4.78, 5) is 12.2. The first-order valence-electron chi connectivity index (χ1n) is 8.63. The maximum Gasteiger partial charge on any atom is 0.315 e. The van der Waals surface area contributed by atoms with Gasteiger partial charge in [-0.15, -0.1) is 0 Å². The van der Waals surface area contributed by atoms with Crippen LogP contribution in [0.25, 0.3) is 0 Å². The van der Waals surface area contributed by atoms with E-state index >= 15 is 0 Å². The monoisotopic (exact) mass is 345 g/mol. The van der Waals surface area contributed by atoms with Gasteiger partial charge in [0.05, 0.1) is 5.69 Å². The van der Waals surface area contributed by atoms with E-state index in [1.54, 1.807) is 0 Å². The zero-order chi connectivity index (χ0) is 18.2. The molecule has 2 atom stereocenters. The van der Waals surface area contributed by atoms with E-state index in [4.69, 9.17) is 4.52 Å². The number of amides is 2. The van der Waals surface area contributed by atoms with Crippen molar-refractivity contribution in [2.75, 3.05) is 13.2 Å². The number of hydrogen-bond acceptors (Lipinski definition) is 4. The quantitative estimate of drug-likeness (QED) is 0.686. The van der Waals surface area contributed by atoms with Crippen molar-refractivity contribution in [1.29, 1.82) is 0 Å². The van der Waals surface area contributed by atoms with Crippen LogP contribution in [0.4, 0.5) is 4.79 Å². The van der Waals surface area contributed by atoms with Crippen LogP contribution in [0.1, 0.15) is 41.8 Å². The van der Waals surface area contributed by atoms with Crippen LogP contribution >= 0.6 is 0 Å². The summed E-state index contributed by atoms with van der Waals surface area (Å²) < 4.78 is 5.15. The molecule has 0 fully saturated rings. The van der Waals surface area contributed by atoms with E-state index in [-0.39, 0.29) is 24.6 Å². The van der Waals surface area contributed by atoms with Crippen molar-refractivity contribution in [2.24, 2.45) is 0 Å². The lowest BCUT2D eigenvalue weighted by Gasteiger charge is -2.19. The fourth-order valence-corrected chi connectivity index (χ4v) is 2.91. The van der Waals surface area contributed by atoms with Gasteiger partial charge >= 0.3 is 6.03 Å². The molecule has 0 aliphatic rings. The van der Waals surface area contributed by atoms with Crippen LogP contribution in [0.3, 0.4) is 0 Å². The second-order valence-corrected chi connectivity index (χ2v) is 6.38. The smallest absolute Gasteiger partial charge is 0.315 e. The number of carbonyl (C=O) groups excluding carboxylic acids is 1. The third-order valence-electron chi connectivity index (χ3n) is 4.33. The molecule has 0 saturated heterocycles. The third kappa shape index (κ3) is 5.60. The van der Waals surface area contributed by atoms with E-state index in [1.165, 1.54) is 0 Å². The van der Waals surface area contributed by atoms with Crippen LogP contribution in [-0.4, -0.2) is 35.5 Å². The third-order valence-corrected chi connectivity index (χ3v) is 4.33. The Labute approximate surface area is 148 Å². The van der Waals surface area contributed by atoms with Crippen LogP contribution in [0.5, 0.6) is 0 Å². The molecule has 6 heteroatoms. The second kappa shape index (κ2) is 9.22. The molecule has 2 rings (SSSR count). The molecule has 136 valence electrons. The van der Waals surface area contributed by atoms with Crippen molar-refractivity contribution < 1.29 is 14.4 Å². The Bertz CT molecular complexity index is 650. The van der Waals surface area contributed by atoms with Gasteiger partial charge in [0.2, 0.25) is 0 Å². The average Bonchev–Trinajstić information content (AvgIpc) is 2.91. The largest absolute Gasteiger partial charge is 0.396 e. The first kappa shape index (κ1) is 19.0. The van der Waals surface area contributed by atoms with Gasteiger partial charge in [-0.05, 0) is 39.2 Å². The summed E-state index contributed by atoms with van der Waals surface area (Å²) in [5, 5.41) is 19.0. The number of rotatable bonds is 8. The second-order valence-electron chi connectivity index (χ2n) is 6.38. The van der Waals surface area contributed by atoms with E-state index in [0.29, 0.717) is 19.4 Å². The molecule has 1 aromatic carbocycles. The van der Waals surface area contributed by atoms with Gasteiger partial charge in [-0.25, -0.2) is 4.79 Å². The van der Waals surface area contributed by atoms with E-state index in [9.17, 15) is 9.90 Å². The molecule has 2 unspecified atom stereocenters. The Kier molecular flexibility index (Phi) is 7.01. The first-order chi connectivity index (χ1) is 12.0. The molecule has 0 saturated carbocycles. The Balaban J connectivity index is 1.84. The number of benzene rings is 1. The summed E-state index contributed by atoms with van der Waals surface area (Å²) in [6.45, 7) is 6.30. The molecule has 2 amide bonds. The molecule has 25 heavy (non-hydrogen) atoms. The SMILES string of the molecule is Cc1noc(C)c1CC(C)NC(=O)NCC(CCO)c1ccccc1. The summed E-state index contributed by atoms with van der Waals surface area (Å²) in [6, 6.07) is 9.66. The summed E-state index contributed by atoms with van der Waals surface area (Å²) in [6.07, 6.45) is 1.28. The van der Waals surface area contributed by atoms with Crippen molar-refractivity contribution >= 4 is 6.03 Å². The Morgan fingerprint density at radius 3 is 2.60 bits per heavy atom. The van der Waals surface area contributed by atoms with Crippen molar-refractivity contribution in [2.45, 2.75) is 45.6 Å². The molecule has 1 heterocycles. The maximum atomic E-state index is 12.2. The lowest BCUT2D eigenvalue weighted by molar-refractivity contribution is 0.234. The van der Waals surface area contributed by atoms with Crippen molar-refractivity contribution in [1.82, 2.24) is 15.8 Å². The standard InChI is InChI=1S/C19H27N3O3/c1-13(11-18-14(2)22-25-15(18)3)21-19(24)20-12-17(9-10-23)16-7-5-4-6-8-16/h4-8,13,17,23H,9-12H2,1-3H3,(H2,20,21,24). The van der Waals surface area contributed by atoms with Gasteiger partial charge in [0.1, 0.15) is 5.76 Å². The number of aliphatic hydroxyl groups is 1. The van der Waals surface area contributed by atoms with Crippen LogP contribution < -0.4 is 10.6 Å². The highest BCUT2D eigenvalue weighted by atomic mass is 16.5. The summed E-state index contributed by atoms with van der Waals surface area (Å²) >= 11 is 0. The molecule has 0 aliphatic carbocycles. The highest BCUT2D eigenvalue weighted by Gasteiger charge is 2.16. The molecular formula is C19H27N3O3. The average molecular weight is 345 g/mol. The van der Waals surface area contributed by atoms with E-state index in [1.807, 2.05) is 51.1 Å². The number of aryl methyl sites for hydroxylation is 2. The molecule has 0 aliphatic heterocycles. The molecule has 2 aromatic rings. The maximum absolute atomic E-state index is 12.2. The number of nitrogens with zero attached hydrogens (tertiary/aromatic N) is 1. The number of nitrogens with one attached hydrogen (secondary N) is 2. The molecule has 3 N–H and O–H groups in total. The zero-order valence-corrected chi connectivity index (χ0v) is 15.1. The molecule has 1 aromatic heterocycles. The van der Waals surface area contributed by atoms with Crippen molar-refractivity contribution in [3.05, 3.63) is 52.9 Å². The predicted octanol–water partition coefficient (Wildman–Crippen LogP) is 2.69. The Morgan fingerprint density at radius 1 is 1.28 bits per heavy atom. The molecule has 6 nitrogen and oxygen atoms in total. The van der Waals surface area contributed by atoms with Gasteiger partial charge in [0, 0.05) is 30.7 Å². The molecule has 0 radical (unpaired) electrons. The van der Waals surface area contributed by atoms with E-state index < -0.39 is 0 Å². The van der Waals surface area contributed by atoms with Gasteiger partial charge in [-0.2, -0.15) is 0 Å². The minimum atomic E-state index is -0.210. The molecular weight excluding hydrogens is 318 g/mol.